The molecule has 7 heteroatoms. The molecule has 8 bridgehead atoms. The molecule has 7 nitrogen and oxygen atoms in total. The highest BCUT2D eigenvalue weighted by atomic mass is 16.4. The number of carboxylic acids is 1. The van der Waals surface area contributed by atoms with E-state index in [4.69, 9.17) is 9.97 Å². The zero-order valence-electron chi connectivity index (χ0n) is 25.0. The van der Waals surface area contributed by atoms with E-state index >= 15 is 0 Å². The third kappa shape index (κ3) is 4.30. The number of aromatic amines is 2. The summed E-state index contributed by atoms with van der Waals surface area (Å²) in [7, 11) is 0. The van der Waals surface area contributed by atoms with Gasteiger partial charge in [0.2, 0.25) is 0 Å². The molecule has 0 amide bonds. The minimum atomic E-state index is -0.818. The summed E-state index contributed by atoms with van der Waals surface area (Å²) < 4.78 is 0. The first kappa shape index (κ1) is 27.8. The van der Waals surface area contributed by atoms with E-state index in [-0.39, 0.29) is 24.0 Å². The van der Waals surface area contributed by atoms with Crippen molar-refractivity contribution in [2.75, 3.05) is 0 Å². The van der Waals surface area contributed by atoms with Crippen LogP contribution in [0.25, 0.3) is 45.2 Å². The Morgan fingerprint density at radius 2 is 1.79 bits per heavy atom. The number of aromatic nitrogens is 4. The van der Waals surface area contributed by atoms with E-state index in [1.807, 2.05) is 12.2 Å². The molecule has 0 radical (unpaired) electrons. The van der Waals surface area contributed by atoms with Crippen LogP contribution in [0.5, 0.6) is 0 Å². The zero-order valence-corrected chi connectivity index (χ0v) is 25.0. The molecular formula is C35H38N4O3. The molecule has 0 saturated carbocycles. The highest BCUT2D eigenvalue weighted by molar-refractivity contribution is 6.02. The van der Waals surface area contributed by atoms with Crippen LogP contribution in [0.1, 0.15) is 123 Å². The predicted octanol–water partition coefficient (Wildman–Crippen LogP) is 8.57. The normalized spacial score (nSPS) is 18.5. The number of H-pyrrole nitrogens is 2. The second-order valence-corrected chi connectivity index (χ2v) is 11.7. The first-order valence-electron chi connectivity index (χ1n) is 14.9. The molecule has 0 unspecified atom stereocenters. The van der Waals surface area contributed by atoms with Gasteiger partial charge in [-0.15, -0.1) is 0 Å². The largest absolute Gasteiger partial charge is 0.507 e. The molecule has 0 saturated heterocycles. The number of hydrogen-bond donors (Lipinski definition) is 4. The molecule has 4 aliphatic rings. The second kappa shape index (κ2) is 10.5. The fourth-order valence-electron chi connectivity index (χ4n) is 6.94. The van der Waals surface area contributed by atoms with Crippen molar-refractivity contribution in [3.8, 4) is 0 Å². The van der Waals surface area contributed by atoms with Gasteiger partial charge in [0.05, 0.1) is 28.3 Å². The van der Waals surface area contributed by atoms with Crippen LogP contribution in [0.3, 0.4) is 0 Å². The topological polar surface area (TPSA) is 115 Å². The second-order valence-electron chi connectivity index (χ2n) is 11.7. The van der Waals surface area contributed by atoms with Gasteiger partial charge in [-0.05, 0) is 79.7 Å². The van der Waals surface area contributed by atoms with Crippen LogP contribution in [-0.2, 0) is 11.2 Å². The first-order chi connectivity index (χ1) is 20.2. The summed E-state index contributed by atoms with van der Waals surface area (Å²) in [4.78, 5) is 29.1. The molecule has 42 heavy (non-hydrogen) atoms. The highest BCUT2D eigenvalue weighted by Crippen LogP contribution is 2.46. The highest BCUT2D eigenvalue weighted by Gasteiger charge is 2.33. The summed E-state index contributed by atoms with van der Waals surface area (Å²) in [6.45, 7) is 14.7. The van der Waals surface area contributed by atoms with Crippen LogP contribution in [0, 0.1) is 0 Å². The van der Waals surface area contributed by atoms with Gasteiger partial charge in [-0.1, -0.05) is 39.8 Å². The van der Waals surface area contributed by atoms with Gasteiger partial charge in [-0.3, -0.25) is 4.79 Å². The lowest BCUT2D eigenvalue weighted by Crippen LogP contribution is -2.06. The molecule has 5 heterocycles. The van der Waals surface area contributed by atoms with Gasteiger partial charge in [0.25, 0.3) is 0 Å². The van der Waals surface area contributed by atoms with Crippen LogP contribution < -0.4 is 0 Å². The van der Waals surface area contributed by atoms with Crippen molar-refractivity contribution in [3.05, 3.63) is 81.7 Å². The summed E-state index contributed by atoms with van der Waals surface area (Å²) in [5.41, 5.74) is 14.4. The molecule has 2 aromatic heterocycles. The van der Waals surface area contributed by atoms with Crippen LogP contribution in [0.15, 0.2) is 30.9 Å². The van der Waals surface area contributed by atoms with Crippen molar-refractivity contribution in [1.82, 2.24) is 19.9 Å². The number of nitrogens with zero attached hydrogens (tertiary/aromatic N) is 2. The molecule has 2 atom stereocenters. The maximum atomic E-state index is 11.6. The average molecular weight is 563 g/mol. The number of hydrogen-bond acceptors (Lipinski definition) is 4. The van der Waals surface area contributed by atoms with Crippen LogP contribution in [0.2, 0.25) is 0 Å². The monoisotopic (exact) mass is 562 g/mol. The van der Waals surface area contributed by atoms with E-state index < -0.39 is 5.97 Å². The van der Waals surface area contributed by atoms with E-state index in [2.05, 4.69) is 69.4 Å². The number of aliphatic carboxylic acids is 1. The van der Waals surface area contributed by atoms with Gasteiger partial charge >= 0.3 is 5.97 Å². The predicted molar refractivity (Wildman–Crippen MR) is 170 cm³/mol. The van der Waals surface area contributed by atoms with Crippen molar-refractivity contribution in [1.29, 1.82) is 0 Å². The number of fused-ring (bicyclic) bond motifs is 8. The number of aliphatic hydroxyl groups is 1. The smallest absolute Gasteiger partial charge is 0.303 e. The Balaban J connectivity index is 1.76. The van der Waals surface area contributed by atoms with E-state index in [1.165, 1.54) is 5.57 Å². The Morgan fingerprint density at radius 3 is 2.48 bits per heavy atom. The van der Waals surface area contributed by atoms with Crippen molar-refractivity contribution in [3.63, 3.8) is 0 Å². The van der Waals surface area contributed by atoms with E-state index in [9.17, 15) is 15.0 Å². The molecule has 0 spiro atoms. The van der Waals surface area contributed by atoms with Crippen LogP contribution in [-0.4, -0.2) is 36.1 Å². The molecule has 4 N–H and O–H groups in total. The SMILES string of the molecule is C=CC1=C(C)c2cc3[nH]c(c4c5[nH]c(cc6nc(cc1n2)C(C)=C6CCC)c(CC)c5C(O)=C4)[C@@H](CCC(=O)O)[C@@H]3C. The molecule has 1 aliphatic carbocycles. The molecule has 0 aromatic carbocycles. The maximum Gasteiger partial charge on any atom is 0.303 e. The lowest BCUT2D eigenvalue weighted by molar-refractivity contribution is -0.137. The van der Waals surface area contributed by atoms with Gasteiger partial charge in [0.15, 0.2) is 0 Å². The van der Waals surface area contributed by atoms with Crippen molar-refractivity contribution in [2.24, 2.45) is 0 Å². The molecule has 2 aromatic rings. The molecule has 0 fully saturated rings. The Kier molecular flexibility index (Phi) is 6.92. The van der Waals surface area contributed by atoms with E-state index in [0.29, 0.717) is 6.42 Å². The third-order valence-electron chi connectivity index (χ3n) is 9.24. The zero-order chi connectivity index (χ0) is 29.9. The van der Waals surface area contributed by atoms with Gasteiger partial charge in [-0.2, -0.15) is 0 Å². The summed E-state index contributed by atoms with van der Waals surface area (Å²) >= 11 is 0. The molecular weight excluding hydrogens is 524 g/mol. The number of nitrogens with one attached hydrogen (secondary N) is 2. The summed E-state index contributed by atoms with van der Waals surface area (Å²) in [5.74, 6) is -0.621. The maximum absolute atomic E-state index is 11.6. The van der Waals surface area contributed by atoms with Gasteiger partial charge in [0, 0.05) is 51.9 Å². The quantitative estimate of drug-likeness (QED) is 0.270. The fourth-order valence-corrected chi connectivity index (χ4v) is 6.94. The van der Waals surface area contributed by atoms with Crippen molar-refractivity contribution in [2.45, 2.75) is 78.6 Å². The lowest BCUT2D eigenvalue weighted by Gasteiger charge is -2.16. The van der Waals surface area contributed by atoms with E-state index in [1.54, 1.807) is 0 Å². The number of carbonyl (C=O) groups is 1. The van der Waals surface area contributed by atoms with Crippen LogP contribution in [0.4, 0.5) is 0 Å². The molecule has 216 valence electrons. The third-order valence-corrected chi connectivity index (χ3v) is 9.24. The first-order valence-corrected chi connectivity index (χ1v) is 14.9. The lowest BCUT2D eigenvalue weighted by atomic mass is 9.86. The van der Waals surface area contributed by atoms with Crippen molar-refractivity contribution >= 4 is 51.1 Å². The average Bonchev–Trinajstić information content (AvgIpc) is 3.70. The number of aliphatic hydroxyl groups excluding tert-OH is 1. The number of allylic oxidation sites excluding steroid dienone is 5. The van der Waals surface area contributed by atoms with Gasteiger partial charge in [0.1, 0.15) is 5.76 Å². The van der Waals surface area contributed by atoms with E-state index in [0.717, 1.165) is 97.9 Å². The molecule has 3 aliphatic heterocycles. The number of rotatable bonds is 7. The van der Waals surface area contributed by atoms with Crippen molar-refractivity contribution < 1.29 is 15.0 Å². The Morgan fingerprint density at radius 1 is 1.05 bits per heavy atom. The minimum Gasteiger partial charge on any atom is -0.507 e. The fraction of sp³-hybridized carbons (Fsp3) is 0.343. The number of carboxylic acid groups (broad SMARTS) is 1. The Bertz CT molecular complexity index is 1830. The Labute approximate surface area is 246 Å². The summed E-state index contributed by atoms with van der Waals surface area (Å²) in [6.07, 6.45) is 6.86. The Hall–Kier alpha value is -4.39. The minimum absolute atomic E-state index is 0.0298. The summed E-state index contributed by atoms with van der Waals surface area (Å²) in [5, 5.41) is 20.8. The van der Waals surface area contributed by atoms with Crippen LogP contribution >= 0.6 is 0 Å². The standard InChI is InChI=1S/C35H38N4O3/c1-7-10-22-18(5)26-15-28-20(8-2)17(4)25(36-28)14-27-19(6)23(11-12-32(41)42)34(38-27)24-13-31(40)33-21(9-3)29(39-35(24)33)16-30(22)37-26/h8,13-16,19,23,38-40H,2,7,9-12H2,1,3-6H3,(H,41,42)/t19-,23-/m0/s1. The summed E-state index contributed by atoms with van der Waals surface area (Å²) in [6, 6.07) is 6.27. The van der Waals surface area contributed by atoms with Gasteiger partial charge in [-0.25, -0.2) is 9.97 Å². The molecule has 6 rings (SSSR count). The number of aryl methyl sites for hydroxylation is 1. The van der Waals surface area contributed by atoms with Gasteiger partial charge < -0.3 is 20.2 Å².